The number of amides is 2. The fourth-order valence-corrected chi connectivity index (χ4v) is 3.35. The van der Waals surface area contributed by atoms with Gasteiger partial charge in [0.05, 0.1) is 13.0 Å². The van der Waals surface area contributed by atoms with Crippen LogP contribution in [0.3, 0.4) is 0 Å². The third-order valence-corrected chi connectivity index (χ3v) is 4.81. The van der Waals surface area contributed by atoms with Crippen LogP contribution in [-0.2, 0) is 16.1 Å². The molecule has 130 valence electrons. The number of piperidine rings is 1. The van der Waals surface area contributed by atoms with E-state index in [4.69, 9.17) is 4.74 Å². The molecule has 2 atom stereocenters. The molecule has 2 unspecified atom stereocenters. The first kappa shape index (κ1) is 16.8. The summed E-state index contributed by atoms with van der Waals surface area (Å²) >= 11 is 0. The Labute approximate surface area is 142 Å². The number of methoxy groups -OCH3 is 1. The van der Waals surface area contributed by atoms with Gasteiger partial charge in [0.25, 0.3) is 0 Å². The van der Waals surface area contributed by atoms with Crippen molar-refractivity contribution in [3.05, 3.63) is 29.8 Å². The number of carbonyl (C=O) groups excluding carboxylic acids is 2. The molecule has 0 radical (unpaired) electrons. The Morgan fingerprint density at radius 2 is 2.12 bits per heavy atom. The molecule has 0 saturated carbocycles. The molecule has 24 heavy (non-hydrogen) atoms. The molecule has 0 aromatic heterocycles. The number of nitrogens with zero attached hydrogens (tertiary/aromatic N) is 1. The number of hydrogen-bond donors (Lipinski definition) is 2. The number of hydrogen-bond acceptors (Lipinski definition) is 4. The Hall–Kier alpha value is -2.08. The van der Waals surface area contributed by atoms with Gasteiger partial charge in [0.1, 0.15) is 11.8 Å². The molecule has 1 aromatic rings. The third-order valence-electron chi connectivity index (χ3n) is 4.81. The van der Waals surface area contributed by atoms with Crippen LogP contribution in [0.2, 0.25) is 0 Å². The van der Waals surface area contributed by atoms with Crippen LogP contribution in [0, 0.1) is 5.92 Å². The Balaban J connectivity index is 1.53. The van der Waals surface area contributed by atoms with Crippen molar-refractivity contribution < 1.29 is 14.3 Å². The summed E-state index contributed by atoms with van der Waals surface area (Å²) in [5, 5.41) is 6.18. The Kier molecular flexibility index (Phi) is 5.35. The lowest BCUT2D eigenvalue weighted by Crippen LogP contribution is -2.47. The zero-order valence-electron chi connectivity index (χ0n) is 14.1. The molecule has 3 rings (SSSR count). The third kappa shape index (κ3) is 3.87. The lowest BCUT2D eigenvalue weighted by molar-refractivity contribution is -0.134. The lowest BCUT2D eigenvalue weighted by Gasteiger charge is -2.23. The summed E-state index contributed by atoms with van der Waals surface area (Å²) in [6.07, 6.45) is 2.59. The maximum Gasteiger partial charge on any atom is 0.245 e. The van der Waals surface area contributed by atoms with Gasteiger partial charge in [0.15, 0.2) is 0 Å². The maximum atomic E-state index is 12.5. The maximum absolute atomic E-state index is 12.5. The number of benzene rings is 1. The van der Waals surface area contributed by atoms with Crippen molar-refractivity contribution >= 4 is 11.8 Å². The second-order valence-electron chi connectivity index (χ2n) is 6.50. The van der Waals surface area contributed by atoms with Gasteiger partial charge in [-0.25, -0.2) is 0 Å². The predicted molar refractivity (Wildman–Crippen MR) is 90.6 cm³/mol. The Morgan fingerprint density at radius 1 is 1.33 bits per heavy atom. The van der Waals surface area contributed by atoms with E-state index in [1.165, 1.54) is 0 Å². The van der Waals surface area contributed by atoms with Gasteiger partial charge >= 0.3 is 0 Å². The predicted octanol–water partition coefficient (Wildman–Crippen LogP) is 0.912. The van der Waals surface area contributed by atoms with Gasteiger partial charge in [-0.3, -0.25) is 9.59 Å². The molecule has 2 heterocycles. The quantitative estimate of drug-likeness (QED) is 0.841. The first-order valence-corrected chi connectivity index (χ1v) is 8.60. The molecule has 2 saturated heterocycles. The van der Waals surface area contributed by atoms with Crippen molar-refractivity contribution in [2.75, 3.05) is 26.7 Å². The van der Waals surface area contributed by atoms with Crippen LogP contribution < -0.4 is 15.4 Å². The van der Waals surface area contributed by atoms with Crippen molar-refractivity contribution in [2.45, 2.75) is 31.8 Å². The minimum atomic E-state index is -0.377. The number of nitrogens with one attached hydrogen (secondary N) is 2. The molecular weight excluding hydrogens is 306 g/mol. The van der Waals surface area contributed by atoms with Crippen LogP contribution in [0.1, 0.15) is 24.8 Å². The van der Waals surface area contributed by atoms with Crippen LogP contribution in [0.5, 0.6) is 5.75 Å². The molecular formula is C18H25N3O3. The van der Waals surface area contributed by atoms with Gasteiger partial charge in [0.2, 0.25) is 11.8 Å². The average molecular weight is 331 g/mol. The number of rotatable bonds is 5. The molecule has 0 aliphatic carbocycles. The minimum Gasteiger partial charge on any atom is -0.497 e. The number of carbonyl (C=O) groups is 2. The van der Waals surface area contributed by atoms with Gasteiger partial charge in [-0.05, 0) is 43.5 Å². The van der Waals surface area contributed by atoms with Crippen molar-refractivity contribution in [3.8, 4) is 5.75 Å². The highest BCUT2D eigenvalue weighted by Crippen LogP contribution is 2.18. The molecule has 2 aliphatic heterocycles. The summed E-state index contributed by atoms with van der Waals surface area (Å²) in [4.78, 5) is 26.6. The van der Waals surface area contributed by atoms with Gasteiger partial charge in [-0.15, -0.1) is 0 Å². The van der Waals surface area contributed by atoms with E-state index in [1.54, 1.807) is 7.11 Å². The van der Waals surface area contributed by atoms with Gasteiger partial charge in [-0.2, -0.15) is 0 Å². The lowest BCUT2D eigenvalue weighted by atomic mass is 9.98. The SMILES string of the molecule is COc1ccc(CN2CCC(NC(=O)C3CCCNC3)C2=O)cc1. The van der Waals surface area contributed by atoms with Crippen molar-refractivity contribution in [1.29, 1.82) is 0 Å². The van der Waals surface area contributed by atoms with Crippen LogP contribution in [-0.4, -0.2) is 49.5 Å². The van der Waals surface area contributed by atoms with Crippen LogP contribution in [0.25, 0.3) is 0 Å². The highest BCUT2D eigenvalue weighted by atomic mass is 16.5. The average Bonchev–Trinajstić information content (AvgIpc) is 2.96. The summed E-state index contributed by atoms with van der Waals surface area (Å²) in [5.74, 6) is 0.815. The summed E-state index contributed by atoms with van der Waals surface area (Å²) < 4.78 is 5.15. The summed E-state index contributed by atoms with van der Waals surface area (Å²) in [7, 11) is 1.63. The Bertz CT molecular complexity index is 582. The van der Waals surface area contributed by atoms with Crippen molar-refractivity contribution in [3.63, 3.8) is 0 Å². The first-order valence-electron chi connectivity index (χ1n) is 8.60. The largest absolute Gasteiger partial charge is 0.497 e. The first-order chi connectivity index (χ1) is 11.7. The fourth-order valence-electron chi connectivity index (χ4n) is 3.35. The van der Waals surface area contributed by atoms with E-state index in [9.17, 15) is 9.59 Å². The van der Waals surface area contributed by atoms with Gasteiger partial charge < -0.3 is 20.3 Å². The fraction of sp³-hybridized carbons (Fsp3) is 0.556. The monoisotopic (exact) mass is 331 g/mol. The second kappa shape index (κ2) is 7.66. The summed E-state index contributed by atoms with van der Waals surface area (Å²) in [6, 6.07) is 7.34. The van der Waals surface area contributed by atoms with E-state index in [2.05, 4.69) is 10.6 Å². The standard InChI is InChI=1S/C18H25N3O3/c1-24-15-6-4-13(5-7-15)12-21-10-8-16(18(21)23)20-17(22)14-3-2-9-19-11-14/h4-7,14,16,19H,2-3,8-12H2,1H3,(H,20,22). The summed E-state index contributed by atoms with van der Waals surface area (Å²) in [5.41, 5.74) is 1.06. The van der Waals surface area contributed by atoms with Crippen LogP contribution >= 0.6 is 0 Å². The molecule has 2 aliphatic rings. The highest BCUT2D eigenvalue weighted by molar-refractivity contribution is 5.90. The normalized spacial score (nSPS) is 24.0. The van der Waals surface area contributed by atoms with E-state index >= 15 is 0 Å². The molecule has 2 N–H and O–H groups in total. The highest BCUT2D eigenvalue weighted by Gasteiger charge is 2.34. The Morgan fingerprint density at radius 3 is 2.79 bits per heavy atom. The van der Waals surface area contributed by atoms with E-state index in [-0.39, 0.29) is 23.8 Å². The minimum absolute atomic E-state index is 0.00634. The van der Waals surface area contributed by atoms with E-state index in [1.807, 2.05) is 29.2 Å². The zero-order chi connectivity index (χ0) is 16.9. The molecule has 6 nitrogen and oxygen atoms in total. The molecule has 6 heteroatoms. The molecule has 2 fully saturated rings. The van der Waals surface area contributed by atoms with Crippen molar-refractivity contribution in [2.24, 2.45) is 5.92 Å². The number of likely N-dealkylation sites (tertiary alicyclic amines) is 1. The summed E-state index contributed by atoms with van der Waals surface area (Å²) in [6.45, 7) is 2.93. The second-order valence-corrected chi connectivity index (χ2v) is 6.50. The van der Waals surface area contributed by atoms with Gasteiger partial charge in [0, 0.05) is 19.6 Å². The molecule has 1 aromatic carbocycles. The molecule has 0 bridgehead atoms. The smallest absolute Gasteiger partial charge is 0.245 e. The zero-order valence-corrected chi connectivity index (χ0v) is 14.1. The number of ether oxygens (including phenoxy) is 1. The van der Waals surface area contributed by atoms with Crippen molar-refractivity contribution in [1.82, 2.24) is 15.5 Å². The molecule has 2 amide bonds. The van der Waals surface area contributed by atoms with E-state index in [0.717, 1.165) is 30.7 Å². The molecule has 0 spiro atoms. The van der Waals surface area contributed by atoms with Gasteiger partial charge in [-0.1, -0.05) is 12.1 Å². The van der Waals surface area contributed by atoms with Crippen LogP contribution in [0.4, 0.5) is 0 Å². The van der Waals surface area contributed by atoms with E-state index < -0.39 is 0 Å². The van der Waals surface area contributed by atoms with E-state index in [0.29, 0.717) is 26.1 Å². The topological polar surface area (TPSA) is 70.7 Å². The van der Waals surface area contributed by atoms with Crippen LogP contribution in [0.15, 0.2) is 24.3 Å².